The van der Waals surface area contributed by atoms with Gasteiger partial charge in [-0.1, -0.05) is 27.7 Å². The molecule has 0 radical (unpaired) electrons. The molecule has 0 bridgehead atoms. The summed E-state index contributed by atoms with van der Waals surface area (Å²) in [5, 5.41) is 0. The molecular weight excluding hydrogens is 184 g/mol. The fraction of sp³-hybridized carbons (Fsp3) is 0.846. The van der Waals surface area contributed by atoms with E-state index in [4.69, 9.17) is 0 Å². The first-order valence-corrected chi connectivity index (χ1v) is 6.24. The van der Waals surface area contributed by atoms with Gasteiger partial charge in [0.1, 0.15) is 0 Å². The molecule has 15 heavy (non-hydrogen) atoms. The summed E-state index contributed by atoms with van der Waals surface area (Å²) in [5.41, 5.74) is 0. The fourth-order valence-corrected chi connectivity index (χ4v) is 1.65. The smallest absolute Gasteiger partial charge is 0.0893 e. The van der Waals surface area contributed by atoms with Crippen LogP contribution < -0.4 is 0 Å². The molecule has 1 aliphatic heterocycles. The predicted molar refractivity (Wildman–Crippen MR) is 66.3 cm³/mol. The van der Waals surface area contributed by atoms with Crippen molar-refractivity contribution >= 4 is 0 Å². The minimum atomic E-state index is 0.808. The van der Waals surface area contributed by atoms with E-state index in [1.165, 1.54) is 25.9 Å². The molecule has 0 saturated carbocycles. The van der Waals surface area contributed by atoms with Crippen molar-refractivity contribution in [1.82, 2.24) is 9.80 Å². The van der Waals surface area contributed by atoms with Gasteiger partial charge in [-0.3, -0.25) is 0 Å². The molecule has 0 fully saturated rings. The van der Waals surface area contributed by atoms with Crippen LogP contribution in [0.5, 0.6) is 0 Å². The van der Waals surface area contributed by atoms with Gasteiger partial charge in [0.05, 0.1) is 6.67 Å². The summed E-state index contributed by atoms with van der Waals surface area (Å²) in [6, 6.07) is 0. The number of rotatable bonds is 6. The third-order valence-electron chi connectivity index (χ3n) is 2.84. The van der Waals surface area contributed by atoms with Crippen LogP contribution in [-0.4, -0.2) is 29.6 Å². The van der Waals surface area contributed by atoms with Crippen molar-refractivity contribution in [3.05, 3.63) is 12.4 Å². The summed E-state index contributed by atoms with van der Waals surface area (Å²) in [6.07, 6.45) is 7.07. The maximum absolute atomic E-state index is 2.42. The maximum atomic E-state index is 2.42. The van der Waals surface area contributed by atoms with Gasteiger partial charge in [0.25, 0.3) is 0 Å². The summed E-state index contributed by atoms with van der Waals surface area (Å²) in [7, 11) is 0. The minimum absolute atomic E-state index is 0.808. The molecule has 0 aliphatic carbocycles. The van der Waals surface area contributed by atoms with Crippen LogP contribution in [0.15, 0.2) is 12.4 Å². The second-order valence-electron chi connectivity index (χ2n) is 5.43. The number of nitrogens with zero attached hydrogens (tertiary/aromatic N) is 2. The molecule has 1 rings (SSSR count). The molecule has 0 amide bonds. The number of hydrogen-bond acceptors (Lipinski definition) is 2. The molecule has 1 heterocycles. The standard InChI is InChI=1S/C13H26N2/c1-12(2)5-7-14-9-10-15(11-14)8-6-13(3)4/h9-10,12-13H,5-8,11H2,1-4H3. The quantitative estimate of drug-likeness (QED) is 0.664. The van der Waals surface area contributed by atoms with Crippen LogP contribution in [0.4, 0.5) is 0 Å². The highest BCUT2D eigenvalue weighted by atomic mass is 15.3. The monoisotopic (exact) mass is 210 g/mol. The normalized spacial score (nSPS) is 16.1. The van der Waals surface area contributed by atoms with Gasteiger partial charge in [0, 0.05) is 25.5 Å². The van der Waals surface area contributed by atoms with E-state index in [-0.39, 0.29) is 0 Å². The molecule has 0 atom stereocenters. The Morgan fingerprint density at radius 2 is 1.27 bits per heavy atom. The first-order valence-electron chi connectivity index (χ1n) is 6.24. The Hall–Kier alpha value is -0.660. The largest absolute Gasteiger partial charge is 0.359 e. The Bertz CT molecular complexity index is 177. The maximum Gasteiger partial charge on any atom is 0.0893 e. The zero-order chi connectivity index (χ0) is 11.3. The molecule has 0 spiro atoms. The fourth-order valence-electron chi connectivity index (χ4n) is 1.65. The van der Waals surface area contributed by atoms with E-state index < -0.39 is 0 Å². The van der Waals surface area contributed by atoms with Crippen molar-refractivity contribution < 1.29 is 0 Å². The van der Waals surface area contributed by atoms with Crippen molar-refractivity contribution in [2.75, 3.05) is 19.8 Å². The summed E-state index contributed by atoms with van der Waals surface area (Å²) in [6.45, 7) is 12.7. The van der Waals surface area contributed by atoms with Crippen molar-refractivity contribution in [3.8, 4) is 0 Å². The van der Waals surface area contributed by atoms with Crippen LogP contribution in [0.2, 0.25) is 0 Å². The van der Waals surface area contributed by atoms with Gasteiger partial charge in [-0.05, 0) is 24.7 Å². The first-order chi connectivity index (χ1) is 7.08. The Labute approximate surface area is 94.9 Å². The lowest BCUT2D eigenvalue weighted by molar-refractivity contribution is 0.246. The lowest BCUT2D eigenvalue weighted by atomic mass is 10.1. The lowest BCUT2D eigenvalue weighted by Gasteiger charge is -2.22. The van der Waals surface area contributed by atoms with Gasteiger partial charge in [0.2, 0.25) is 0 Å². The van der Waals surface area contributed by atoms with E-state index in [0.29, 0.717) is 0 Å². The van der Waals surface area contributed by atoms with E-state index in [1.807, 2.05) is 0 Å². The Morgan fingerprint density at radius 1 is 0.867 bits per heavy atom. The molecule has 0 aromatic heterocycles. The summed E-state index contributed by atoms with van der Waals surface area (Å²) in [4.78, 5) is 4.83. The average molecular weight is 210 g/mol. The Balaban J connectivity index is 2.14. The molecule has 2 nitrogen and oxygen atoms in total. The third kappa shape index (κ3) is 5.10. The summed E-state index contributed by atoms with van der Waals surface area (Å²) >= 11 is 0. The third-order valence-corrected chi connectivity index (χ3v) is 2.84. The van der Waals surface area contributed by atoms with E-state index in [2.05, 4.69) is 49.9 Å². The van der Waals surface area contributed by atoms with Gasteiger partial charge in [-0.15, -0.1) is 0 Å². The van der Waals surface area contributed by atoms with E-state index in [9.17, 15) is 0 Å². The molecule has 0 N–H and O–H groups in total. The minimum Gasteiger partial charge on any atom is -0.359 e. The van der Waals surface area contributed by atoms with Crippen molar-refractivity contribution in [3.63, 3.8) is 0 Å². The van der Waals surface area contributed by atoms with E-state index in [1.54, 1.807) is 0 Å². The predicted octanol–water partition coefficient (Wildman–Crippen LogP) is 3.12. The van der Waals surface area contributed by atoms with Crippen LogP contribution in [-0.2, 0) is 0 Å². The van der Waals surface area contributed by atoms with E-state index >= 15 is 0 Å². The SMILES string of the molecule is CC(C)CCN1C=CN(CCC(C)C)C1. The van der Waals surface area contributed by atoms with Gasteiger partial charge in [-0.2, -0.15) is 0 Å². The van der Waals surface area contributed by atoms with Gasteiger partial charge in [-0.25, -0.2) is 0 Å². The highest BCUT2D eigenvalue weighted by Crippen LogP contribution is 2.11. The van der Waals surface area contributed by atoms with Crippen LogP contribution >= 0.6 is 0 Å². The molecule has 88 valence electrons. The molecule has 2 heteroatoms. The van der Waals surface area contributed by atoms with Crippen molar-refractivity contribution in [2.24, 2.45) is 11.8 Å². The van der Waals surface area contributed by atoms with Gasteiger partial charge < -0.3 is 9.80 Å². The van der Waals surface area contributed by atoms with Gasteiger partial charge in [0.15, 0.2) is 0 Å². The zero-order valence-corrected chi connectivity index (χ0v) is 10.7. The highest BCUT2D eigenvalue weighted by molar-refractivity contribution is 4.90. The highest BCUT2D eigenvalue weighted by Gasteiger charge is 2.12. The Morgan fingerprint density at radius 3 is 1.60 bits per heavy atom. The van der Waals surface area contributed by atoms with Crippen molar-refractivity contribution in [1.29, 1.82) is 0 Å². The molecular formula is C13H26N2. The van der Waals surface area contributed by atoms with Crippen LogP contribution in [0, 0.1) is 11.8 Å². The second kappa shape index (κ2) is 6.04. The lowest BCUT2D eigenvalue weighted by Crippen LogP contribution is -2.27. The molecule has 0 aromatic rings. The topological polar surface area (TPSA) is 6.48 Å². The molecule has 1 aliphatic rings. The average Bonchev–Trinajstić information content (AvgIpc) is 2.59. The second-order valence-corrected chi connectivity index (χ2v) is 5.43. The summed E-state index contributed by atoms with van der Waals surface area (Å²) < 4.78 is 0. The Kier molecular flexibility index (Phi) is 5.00. The molecule has 0 aromatic carbocycles. The first kappa shape index (κ1) is 12.4. The van der Waals surface area contributed by atoms with Crippen LogP contribution in [0.3, 0.4) is 0 Å². The van der Waals surface area contributed by atoms with Gasteiger partial charge >= 0.3 is 0 Å². The van der Waals surface area contributed by atoms with E-state index in [0.717, 1.165) is 18.5 Å². The zero-order valence-electron chi connectivity index (χ0n) is 10.7. The van der Waals surface area contributed by atoms with Crippen molar-refractivity contribution in [2.45, 2.75) is 40.5 Å². The molecule has 0 saturated heterocycles. The summed E-state index contributed by atoms with van der Waals surface area (Å²) in [5.74, 6) is 1.62. The van der Waals surface area contributed by atoms with Crippen LogP contribution in [0.1, 0.15) is 40.5 Å². The number of hydrogen-bond donors (Lipinski definition) is 0. The molecule has 0 unspecified atom stereocenters. The van der Waals surface area contributed by atoms with Crippen LogP contribution in [0.25, 0.3) is 0 Å².